The average Bonchev–Trinajstić information content (AvgIpc) is 2.73. The van der Waals surface area contributed by atoms with Gasteiger partial charge in [-0.15, -0.1) is 0 Å². The fraction of sp³-hybridized carbons (Fsp3) is 0.500. The van der Waals surface area contributed by atoms with Crippen LogP contribution in [-0.4, -0.2) is 41.6 Å². The third kappa shape index (κ3) is 2.66. The van der Waals surface area contributed by atoms with Crippen molar-refractivity contribution in [2.75, 3.05) is 13.7 Å². The highest BCUT2D eigenvalue weighted by molar-refractivity contribution is 9.10. The molecule has 17 heavy (non-hydrogen) atoms. The Hall–Kier alpha value is -0.940. The van der Waals surface area contributed by atoms with Crippen LogP contribution in [0.5, 0.6) is 0 Å². The van der Waals surface area contributed by atoms with Crippen LogP contribution in [-0.2, 0) is 4.74 Å². The van der Waals surface area contributed by atoms with Crippen molar-refractivity contribution in [2.45, 2.75) is 25.5 Å². The van der Waals surface area contributed by atoms with Gasteiger partial charge in [-0.25, -0.2) is 4.98 Å². The van der Waals surface area contributed by atoms with E-state index in [-0.39, 0.29) is 18.1 Å². The van der Waals surface area contributed by atoms with E-state index >= 15 is 0 Å². The maximum absolute atomic E-state index is 12.2. The lowest BCUT2D eigenvalue weighted by Crippen LogP contribution is -2.41. The van der Waals surface area contributed by atoms with Gasteiger partial charge < -0.3 is 9.64 Å². The van der Waals surface area contributed by atoms with E-state index in [1.54, 1.807) is 24.1 Å². The second kappa shape index (κ2) is 5.14. The van der Waals surface area contributed by atoms with Crippen molar-refractivity contribution in [2.24, 2.45) is 0 Å². The molecule has 2 unspecified atom stereocenters. The van der Waals surface area contributed by atoms with Crippen LogP contribution >= 0.6 is 15.9 Å². The first kappa shape index (κ1) is 12.5. The van der Waals surface area contributed by atoms with Crippen molar-refractivity contribution in [1.29, 1.82) is 0 Å². The van der Waals surface area contributed by atoms with Crippen molar-refractivity contribution < 1.29 is 9.53 Å². The summed E-state index contributed by atoms with van der Waals surface area (Å²) in [5.41, 5.74) is 0.459. The number of halogens is 1. The van der Waals surface area contributed by atoms with E-state index in [0.717, 1.165) is 13.0 Å². The molecule has 1 saturated heterocycles. The highest BCUT2D eigenvalue weighted by Gasteiger charge is 2.31. The van der Waals surface area contributed by atoms with Gasteiger partial charge in [-0.2, -0.15) is 0 Å². The third-order valence-corrected chi connectivity index (χ3v) is 3.53. The molecule has 1 fully saturated rings. The van der Waals surface area contributed by atoms with E-state index in [2.05, 4.69) is 20.9 Å². The molecule has 1 aliphatic rings. The van der Waals surface area contributed by atoms with Crippen LogP contribution in [0.15, 0.2) is 22.8 Å². The van der Waals surface area contributed by atoms with Gasteiger partial charge in [0.25, 0.3) is 5.91 Å². The molecule has 1 aromatic rings. The quantitative estimate of drug-likeness (QED) is 0.785. The van der Waals surface area contributed by atoms with E-state index in [1.807, 2.05) is 13.0 Å². The first-order valence-electron chi connectivity index (χ1n) is 5.61. The molecular weight excluding hydrogens is 284 g/mol. The molecule has 1 aliphatic heterocycles. The Kier molecular flexibility index (Phi) is 3.79. The van der Waals surface area contributed by atoms with Gasteiger partial charge in [0.15, 0.2) is 0 Å². The monoisotopic (exact) mass is 298 g/mol. The fourth-order valence-corrected chi connectivity index (χ4v) is 2.43. The molecular formula is C12H15BrN2O2. The SMILES string of the molecule is CC1OCCC1N(C)C(=O)c1cccc(Br)n1. The van der Waals surface area contributed by atoms with Crippen molar-refractivity contribution in [1.82, 2.24) is 9.88 Å². The highest BCUT2D eigenvalue weighted by atomic mass is 79.9. The van der Waals surface area contributed by atoms with Crippen LogP contribution < -0.4 is 0 Å². The molecule has 4 nitrogen and oxygen atoms in total. The lowest BCUT2D eigenvalue weighted by Gasteiger charge is -2.26. The molecule has 2 heterocycles. The predicted octanol–water partition coefficient (Wildman–Crippen LogP) is 2.09. The maximum atomic E-state index is 12.2. The van der Waals surface area contributed by atoms with Crippen LogP contribution in [0.4, 0.5) is 0 Å². The lowest BCUT2D eigenvalue weighted by atomic mass is 10.1. The summed E-state index contributed by atoms with van der Waals surface area (Å²) in [7, 11) is 1.81. The molecule has 0 N–H and O–H groups in total. The fourth-order valence-electron chi connectivity index (χ4n) is 2.09. The molecule has 2 rings (SSSR count). The number of likely N-dealkylation sites (N-methyl/N-ethyl adjacent to an activating group) is 1. The second-order valence-corrected chi connectivity index (χ2v) is 5.01. The summed E-state index contributed by atoms with van der Waals surface area (Å²) in [6, 6.07) is 5.48. The average molecular weight is 299 g/mol. The molecule has 0 bridgehead atoms. The first-order valence-corrected chi connectivity index (χ1v) is 6.40. The Labute approximate surface area is 109 Å². The zero-order valence-corrected chi connectivity index (χ0v) is 11.5. The van der Waals surface area contributed by atoms with Gasteiger partial charge in [-0.3, -0.25) is 4.79 Å². The molecule has 0 radical (unpaired) electrons. The normalized spacial score (nSPS) is 23.7. The number of amides is 1. The number of pyridine rings is 1. The Morgan fingerprint density at radius 1 is 1.59 bits per heavy atom. The van der Waals surface area contributed by atoms with Crippen molar-refractivity contribution in [3.05, 3.63) is 28.5 Å². The minimum absolute atomic E-state index is 0.0614. The molecule has 2 atom stereocenters. The summed E-state index contributed by atoms with van der Waals surface area (Å²) in [6.07, 6.45) is 0.980. The number of hydrogen-bond donors (Lipinski definition) is 0. The molecule has 5 heteroatoms. The van der Waals surface area contributed by atoms with Gasteiger partial charge >= 0.3 is 0 Å². The van der Waals surface area contributed by atoms with Gasteiger partial charge in [-0.05, 0) is 41.4 Å². The van der Waals surface area contributed by atoms with E-state index in [1.165, 1.54) is 0 Å². The Bertz CT molecular complexity index is 425. The van der Waals surface area contributed by atoms with Gasteiger partial charge in [0.2, 0.25) is 0 Å². The van der Waals surface area contributed by atoms with E-state index < -0.39 is 0 Å². The smallest absolute Gasteiger partial charge is 0.272 e. The van der Waals surface area contributed by atoms with Gasteiger partial charge in [-0.1, -0.05) is 6.07 Å². The molecule has 0 spiro atoms. The van der Waals surface area contributed by atoms with Crippen molar-refractivity contribution >= 4 is 21.8 Å². The molecule has 0 aliphatic carbocycles. The molecule has 0 aromatic carbocycles. The second-order valence-electron chi connectivity index (χ2n) is 4.19. The summed E-state index contributed by atoms with van der Waals surface area (Å²) in [4.78, 5) is 18.1. The topological polar surface area (TPSA) is 42.4 Å². The van der Waals surface area contributed by atoms with Crippen molar-refractivity contribution in [3.8, 4) is 0 Å². The van der Waals surface area contributed by atoms with Crippen LogP contribution in [0.3, 0.4) is 0 Å². The highest BCUT2D eigenvalue weighted by Crippen LogP contribution is 2.20. The van der Waals surface area contributed by atoms with E-state index in [4.69, 9.17) is 4.74 Å². The number of ether oxygens (including phenoxy) is 1. The summed E-state index contributed by atoms with van der Waals surface area (Å²) in [6.45, 7) is 2.71. The van der Waals surface area contributed by atoms with Crippen LogP contribution in [0.25, 0.3) is 0 Å². The Morgan fingerprint density at radius 2 is 2.35 bits per heavy atom. The minimum atomic E-state index is -0.0614. The number of aromatic nitrogens is 1. The van der Waals surface area contributed by atoms with E-state index in [9.17, 15) is 4.79 Å². The summed E-state index contributed by atoms with van der Waals surface area (Å²) >= 11 is 3.27. The standard InChI is InChI=1S/C12H15BrN2O2/c1-8-10(6-7-17-8)15(2)12(16)9-4-3-5-11(13)14-9/h3-5,8,10H,6-7H2,1-2H3. The Morgan fingerprint density at radius 3 is 2.94 bits per heavy atom. The summed E-state index contributed by atoms with van der Waals surface area (Å²) < 4.78 is 6.15. The summed E-state index contributed by atoms with van der Waals surface area (Å²) in [5, 5.41) is 0. The zero-order chi connectivity index (χ0) is 12.4. The summed E-state index contributed by atoms with van der Waals surface area (Å²) in [5.74, 6) is -0.0614. The minimum Gasteiger partial charge on any atom is -0.376 e. The molecule has 92 valence electrons. The largest absolute Gasteiger partial charge is 0.376 e. The van der Waals surface area contributed by atoms with Crippen LogP contribution in [0.1, 0.15) is 23.8 Å². The number of rotatable bonds is 2. The van der Waals surface area contributed by atoms with E-state index in [0.29, 0.717) is 10.3 Å². The molecule has 1 aromatic heterocycles. The number of carbonyl (C=O) groups excluding carboxylic acids is 1. The zero-order valence-electron chi connectivity index (χ0n) is 9.89. The van der Waals surface area contributed by atoms with Crippen molar-refractivity contribution in [3.63, 3.8) is 0 Å². The van der Waals surface area contributed by atoms with Crippen LogP contribution in [0, 0.1) is 0 Å². The molecule has 0 saturated carbocycles. The van der Waals surface area contributed by atoms with Crippen LogP contribution in [0.2, 0.25) is 0 Å². The van der Waals surface area contributed by atoms with Gasteiger partial charge in [0, 0.05) is 13.7 Å². The predicted molar refractivity (Wildman–Crippen MR) is 67.8 cm³/mol. The van der Waals surface area contributed by atoms with Gasteiger partial charge in [0.05, 0.1) is 12.1 Å². The maximum Gasteiger partial charge on any atom is 0.272 e. The van der Waals surface area contributed by atoms with Gasteiger partial charge in [0.1, 0.15) is 10.3 Å². The Balaban J connectivity index is 2.14. The third-order valence-electron chi connectivity index (χ3n) is 3.09. The number of nitrogens with zero attached hydrogens (tertiary/aromatic N) is 2. The lowest BCUT2D eigenvalue weighted by molar-refractivity contribution is 0.0569. The number of hydrogen-bond acceptors (Lipinski definition) is 3. The molecule has 1 amide bonds. The first-order chi connectivity index (χ1) is 8.09. The number of carbonyl (C=O) groups is 1.